The van der Waals surface area contributed by atoms with E-state index in [1.807, 2.05) is 12.1 Å². The first-order valence-corrected chi connectivity index (χ1v) is 6.02. The number of nitrogens with two attached hydrogens (primary N) is 1. The molecule has 2 aromatic carbocycles. The third kappa shape index (κ3) is 3.41. The highest BCUT2D eigenvalue weighted by Gasteiger charge is 2.05. The predicted molar refractivity (Wildman–Crippen MR) is 76.9 cm³/mol. The van der Waals surface area contributed by atoms with Crippen LogP contribution in [0.2, 0.25) is 0 Å². The number of nitrogen functional groups attached to an aromatic ring is 1. The van der Waals surface area contributed by atoms with Gasteiger partial charge in [0.25, 0.3) is 5.91 Å². The Kier molecular flexibility index (Phi) is 4.10. The minimum Gasteiger partial charge on any atom is -0.399 e. The summed E-state index contributed by atoms with van der Waals surface area (Å²) < 4.78 is 12.8. The number of nitrogens with zero attached hydrogens (tertiary/aromatic N) is 1. The van der Waals surface area contributed by atoms with Gasteiger partial charge < -0.3 is 5.73 Å². The number of carbonyl (C=O) groups excluding carboxylic acids is 1. The van der Waals surface area contributed by atoms with Crippen LogP contribution in [0, 0.1) is 5.82 Å². The summed E-state index contributed by atoms with van der Waals surface area (Å²) in [5.74, 6) is -0.783. The van der Waals surface area contributed by atoms with Crippen LogP contribution < -0.4 is 11.2 Å². The summed E-state index contributed by atoms with van der Waals surface area (Å²) in [6.45, 7) is 1.76. The highest BCUT2D eigenvalue weighted by molar-refractivity contribution is 6.01. The fourth-order valence-corrected chi connectivity index (χ4v) is 1.63. The first kappa shape index (κ1) is 13.7. The van der Waals surface area contributed by atoms with Crippen molar-refractivity contribution in [1.82, 2.24) is 5.43 Å². The van der Waals surface area contributed by atoms with E-state index in [0.29, 0.717) is 17.0 Å². The molecular formula is C15H14FN3O. The summed E-state index contributed by atoms with van der Waals surface area (Å²) in [5.41, 5.74) is 10.5. The molecule has 0 spiro atoms. The quantitative estimate of drug-likeness (QED) is 0.512. The molecule has 0 aliphatic rings. The van der Waals surface area contributed by atoms with Gasteiger partial charge in [-0.1, -0.05) is 12.1 Å². The molecule has 3 N–H and O–H groups in total. The van der Waals surface area contributed by atoms with E-state index in [9.17, 15) is 9.18 Å². The van der Waals surface area contributed by atoms with Crippen LogP contribution in [0.4, 0.5) is 10.1 Å². The largest absolute Gasteiger partial charge is 0.399 e. The summed E-state index contributed by atoms with van der Waals surface area (Å²) in [4.78, 5) is 11.8. The third-order valence-electron chi connectivity index (χ3n) is 2.74. The van der Waals surface area contributed by atoms with Gasteiger partial charge in [0.05, 0.1) is 5.71 Å². The highest BCUT2D eigenvalue weighted by atomic mass is 19.1. The minimum absolute atomic E-state index is 0.343. The second-order valence-electron chi connectivity index (χ2n) is 4.27. The van der Waals surface area contributed by atoms with Crippen LogP contribution in [0.5, 0.6) is 0 Å². The van der Waals surface area contributed by atoms with Gasteiger partial charge in [0.1, 0.15) is 5.82 Å². The van der Waals surface area contributed by atoms with Gasteiger partial charge in [-0.05, 0) is 48.9 Å². The number of hydrogen-bond acceptors (Lipinski definition) is 3. The fourth-order valence-electron chi connectivity index (χ4n) is 1.63. The molecule has 2 aromatic rings. The van der Waals surface area contributed by atoms with Crippen LogP contribution in [-0.2, 0) is 0 Å². The zero-order valence-electron chi connectivity index (χ0n) is 10.9. The molecule has 0 aliphatic carbocycles. The maximum atomic E-state index is 12.8. The molecule has 0 bridgehead atoms. The predicted octanol–water partition coefficient (Wildman–Crippen LogP) is 2.56. The van der Waals surface area contributed by atoms with Crippen molar-refractivity contribution >= 4 is 17.3 Å². The van der Waals surface area contributed by atoms with Crippen LogP contribution in [-0.4, -0.2) is 11.6 Å². The van der Waals surface area contributed by atoms with Crippen LogP contribution in [0.1, 0.15) is 22.8 Å². The van der Waals surface area contributed by atoms with Crippen molar-refractivity contribution in [2.45, 2.75) is 6.92 Å². The molecule has 2 rings (SSSR count). The molecule has 4 nitrogen and oxygen atoms in total. The molecule has 0 fully saturated rings. The molecular weight excluding hydrogens is 257 g/mol. The topological polar surface area (TPSA) is 67.5 Å². The number of carbonyl (C=O) groups is 1. The minimum atomic E-state index is -0.395. The van der Waals surface area contributed by atoms with E-state index >= 15 is 0 Å². The van der Waals surface area contributed by atoms with Crippen molar-refractivity contribution in [2.24, 2.45) is 5.10 Å². The fraction of sp³-hybridized carbons (Fsp3) is 0.0667. The van der Waals surface area contributed by atoms with E-state index in [2.05, 4.69) is 10.5 Å². The molecule has 0 aromatic heterocycles. The number of anilines is 1. The monoisotopic (exact) mass is 271 g/mol. The Morgan fingerprint density at radius 1 is 1.15 bits per heavy atom. The van der Waals surface area contributed by atoms with Gasteiger partial charge in [-0.15, -0.1) is 0 Å². The van der Waals surface area contributed by atoms with Crippen LogP contribution in [0.3, 0.4) is 0 Å². The van der Waals surface area contributed by atoms with Crippen LogP contribution in [0.25, 0.3) is 0 Å². The summed E-state index contributed by atoms with van der Waals surface area (Å²) in [5, 5.41) is 4.00. The van der Waals surface area contributed by atoms with Crippen molar-refractivity contribution in [3.8, 4) is 0 Å². The maximum Gasteiger partial charge on any atom is 0.271 e. The molecule has 0 saturated heterocycles. The van der Waals surface area contributed by atoms with Gasteiger partial charge in [0, 0.05) is 11.3 Å². The smallest absolute Gasteiger partial charge is 0.271 e. The van der Waals surface area contributed by atoms with Crippen molar-refractivity contribution in [2.75, 3.05) is 5.73 Å². The van der Waals surface area contributed by atoms with Gasteiger partial charge in [0.15, 0.2) is 0 Å². The summed E-state index contributed by atoms with van der Waals surface area (Å²) in [6.07, 6.45) is 0. The van der Waals surface area contributed by atoms with E-state index in [-0.39, 0.29) is 5.82 Å². The van der Waals surface area contributed by atoms with Gasteiger partial charge in [0.2, 0.25) is 0 Å². The lowest BCUT2D eigenvalue weighted by Gasteiger charge is -2.04. The second-order valence-corrected chi connectivity index (χ2v) is 4.27. The third-order valence-corrected chi connectivity index (χ3v) is 2.74. The van der Waals surface area contributed by atoms with Crippen LogP contribution >= 0.6 is 0 Å². The molecule has 0 radical (unpaired) electrons. The first-order valence-electron chi connectivity index (χ1n) is 6.02. The Balaban J connectivity index is 2.08. The summed E-state index contributed by atoms with van der Waals surface area (Å²) in [6, 6.07) is 12.4. The molecule has 0 unspecified atom stereocenters. The second kappa shape index (κ2) is 5.97. The number of hydrogen-bond donors (Lipinski definition) is 2. The Morgan fingerprint density at radius 2 is 1.85 bits per heavy atom. The molecule has 0 aliphatic heterocycles. The Hall–Kier alpha value is -2.69. The summed E-state index contributed by atoms with van der Waals surface area (Å²) >= 11 is 0. The number of rotatable bonds is 3. The van der Waals surface area contributed by atoms with Gasteiger partial charge in [-0.25, -0.2) is 9.82 Å². The highest BCUT2D eigenvalue weighted by Crippen LogP contribution is 2.08. The van der Waals surface area contributed by atoms with Crippen molar-refractivity contribution in [1.29, 1.82) is 0 Å². The van der Waals surface area contributed by atoms with Crippen molar-refractivity contribution in [3.63, 3.8) is 0 Å². The van der Waals surface area contributed by atoms with Crippen molar-refractivity contribution in [3.05, 3.63) is 65.5 Å². The lowest BCUT2D eigenvalue weighted by Crippen LogP contribution is -2.19. The molecule has 0 atom stereocenters. The molecule has 0 saturated carbocycles. The molecule has 1 amide bonds. The van der Waals surface area contributed by atoms with Gasteiger partial charge >= 0.3 is 0 Å². The lowest BCUT2D eigenvalue weighted by molar-refractivity contribution is 0.0955. The molecule has 20 heavy (non-hydrogen) atoms. The SMILES string of the molecule is C/C(=N/NC(=O)c1ccc(F)cc1)c1cccc(N)c1. The van der Waals surface area contributed by atoms with E-state index in [4.69, 9.17) is 5.73 Å². The zero-order valence-corrected chi connectivity index (χ0v) is 10.9. The molecule has 0 heterocycles. The van der Waals surface area contributed by atoms with Gasteiger partial charge in [-0.3, -0.25) is 4.79 Å². The first-order chi connectivity index (χ1) is 9.56. The Morgan fingerprint density at radius 3 is 2.50 bits per heavy atom. The van der Waals surface area contributed by atoms with Gasteiger partial charge in [-0.2, -0.15) is 5.10 Å². The standard InChI is InChI=1S/C15H14FN3O/c1-10(12-3-2-4-14(17)9-12)18-19-15(20)11-5-7-13(16)8-6-11/h2-9H,17H2,1H3,(H,19,20)/b18-10-. The zero-order chi connectivity index (χ0) is 14.5. The molecule has 5 heteroatoms. The van der Waals surface area contributed by atoms with E-state index < -0.39 is 5.91 Å². The summed E-state index contributed by atoms with van der Waals surface area (Å²) in [7, 11) is 0. The van der Waals surface area contributed by atoms with E-state index in [1.165, 1.54) is 24.3 Å². The number of amides is 1. The average molecular weight is 271 g/mol. The van der Waals surface area contributed by atoms with E-state index in [0.717, 1.165) is 5.56 Å². The Bertz CT molecular complexity index is 650. The Labute approximate surface area is 116 Å². The molecule has 102 valence electrons. The number of halogens is 1. The van der Waals surface area contributed by atoms with Crippen LogP contribution in [0.15, 0.2) is 53.6 Å². The number of hydrazone groups is 1. The van der Waals surface area contributed by atoms with E-state index in [1.54, 1.807) is 19.1 Å². The number of benzene rings is 2. The normalized spacial score (nSPS) is 11.2. The number of nitrogens with one attached hydrogen (secondary N) is 1. The maximum absolute atomic E-state index is 12.8. The lowest BCUT2D eigenvalue weighted by atomic mass is 10.1. The average Bonchev–Trinajstić information content (AvgIpc) is 2.45. The van der Waals surface area contributed by atoms with Crippen molar-refractivity contribution < 1.29 is 9.18 Å².